The Morgan fingerprint density at radius 2 is 2.09 bits per heavy atom. The first-order valence-electron chi connectivity index (χ1n) is 10.2. The zero-order valence-electron chi connectivity index (χ0n) is 17.3. The molecule has 0 aliphatic carbocycles. The zero-order valence-corrected chi connectivity index (χ0v) is 17.3. The van der Waals surface area contributed by atoms with Crippen LogP contribution in [0.3, 0.4) is 0 Å². The molecule has 3 aromatic rings. The molecule has 4 N–H and O–H groups in total. The van der Waals surface area contributed by atoms with E-state index in [-0.39, 0.29) is 11.9 Å². The molecule has 2 aliphatic rings. The SMILES string of the molecule is Cn1c(-c2nc(N)ncc2C#Cc2ccc3c(c2)N(C(=O)O)CC3)cc2c1CCNC2=O. The molecule has 32 heavy (non-hydrogen) atoms. The maximum atomic E-state index is 12.3. The number of carboxylic acid groups (broad SMARTS) is 1. The minimum Gasteiger partial charge on any atom is -0.465 e. The normalized spacial score (nSPS) is 14.3. The average Bonchev–Trinajstić information content (AvgIpc) is 3.35. The van der Waals surface area contributed by atoms with Gasteiger partial charge in [-0.15, -0.1) is 0 Å². The lowest BCUT2D eigenvalue weighted by atomic mass is 10.1. The minimum absolute atomic E-state index is 0.108. The van der Waals surface area contributed by atoms with Crippen molar-refractivity contribution in [2.24, 2.45) is 7.05 Å². The van der Waals surface area contributed by atoms with Crippen molar-refractivity contribution in [1.82, 2.24) is 19.9 Å². The average molecular weight is 428 g/mol. The van der Waals surface area contributed by atoms with Gasteiger partial charge in [0.05, 0.1) is 22.5 Å². The van der Waals surface area contributed by atoms with Crippen LogP contribution in [0.2, 0.25) is 0 Å². The molecule has 4 heterocycles. The van der Waals surface area contributed by atoms with E-state index in [4.69, 9.17) is 5.73 Å². The number of nitrogens with zero attached hydrogens (tertiary/aromatic N) is 4. The van der Waals surface area contributed by atoms with Crippen molar-refractivity contribution in [1.29, 1.82) is 0 Å². The Morgan fingerprint density at radius 3 is 2.88 bits per heavy atom. The highest BCUT2D eigenvalue weighted by Gasteiger charge is 2.25. The van der Waals surface area contributed by atoms with E-state index in [1.165, 1.54) is 4.90 Å². The van der Waals surface area contributed by atoms with Crippen molar-refractivity contribution in [3.8, 4) is 23.2 Å². The van der Waals surface area contributed by atoms with Crippen LogP contribution in [0.1, 0.15) is 32.7 Å². The van der Waals surface area contributed by atoms with Gasteiger partial charge in [-0.25, -0.2) is 14.8 Å². The van der Waals surface area contributed by atoms with Gasteiger partial charge < -0.3 is 20.7 Å². The van der Waals surface area contributed by atoms with Crippen molar-refractivity contribution in [3.05, 3.63) is 58.4 Å². The third-order valence-electron chi connectivity index (χ3n) is 5.85. The number of nitrogen functional groups attached to an aromatic ring is 1. The van der Waals surface area contributed by atoms with Crippen LogP contribution in [0, 0.1) is 11.8 Å². The Labute approximate surface area is 183 Å². The highest BCUT2D eigenvalue weighted by molar-refractivity contribution is 5.98. The molecule has 1 aromatic carbocycles. The van der Waals surface area contributed by atoms with Crippen LogP contribution in [-0.2, 0) is 19.9 Å². The fraction of sp³-hybridized carbons (Fsp3) is 0.217. The van der Waals surface area contributed by atoms with Gasteiger partial charge in [0.25, 0.3) is 5.91 Å². The van der Waals surface area contributed by atoms with Gasteiger partial charge in [0.1, 0.15) is 5.69 Å². The molecule has 5 rings (SSSR count). The van der Waals surface area contributed by atoms with Crippen molar-refractivity contribution in [2.75, 3.05) is 23.7 Å². The van der Waals surface area contributed by atoms with E-state index in [1.807, 2.05) is 23.7 Å². The van der Waals surface area contributed by atoms with Gasteiger partial charge in [-0.3, -0.25) is 9.69 Å². The molecule has 0 saturated carbocycles. The maximum Gasteiger partial charge on any atom is 0.411 e. The molecule has 0 fully saturated rings. The van der Waals surface area contributed by atoms with Crippen LogP contribution in [0.5, 0.6) is 0 Å². The summed E-state index contributed by atoms with van der Waals surface area (Å²) in [4.78, 5) is 33.5. The third-order valence-corrected chi connectivity index (χ3v) is 5.85. The van der Waals surface area contributed by atoms with E-state index in [0.29, 0.717) is 47.6 Å². The van der Waals surface area contributed by atoms with Gasteiger partial charge in [-0.1, -0.05) is 17.9 Å². The molecule has 0 bridgehead atoms. The molecule has 2 aliphatic heterocycles. The number of hydrogen-bond acceptors (Lipinski definition) is 5. The van der Waals surface area contributed by atoms with Gasteiger partial charge in [-0.05, 0) is 30.2 Å². The summed E-state index contributed by atoms with van der Waals surface area (Å²) >= 11 is 0. The quantitative estimate of drug-likeness (QED) is 0.507. The Balaban J connectivity index is 1.56. The molecule has 9 heteroatoms. The summed E-state index contributed by atoms with van der Waals surface area (Å²) in [6, 6.07) is 7.37. The largest absolute Gasteiger partial charge is 0.465 e. The fourth-order valence-corrected chi connectivity index (χ4v) is 4.24. The number of anilines is 2. The van der Waals surface area contributed by atoms with Gasteiger partial charge in [0.15, 0.2) is 0 Å². The number of amides is 2. The topological polar surface area (TPSA) is 126 Å². The monoisotopic (exact) mass is 428 g/mol. The molecule has 0 saturated heterocycles. The second-order valence-corrected chi connectivity index (χ2v) is 7.72. The van der Waals surface area contributed by atoms with Gasteiger partial charge in [0, 0.05) is 44.0 Å². The number of carbonyl (C=O) groups excluding carboxylic acids is 1. The highest BCUT2D eigenvalue weighted by Crippen LogP contribution is 2.30. The van der Waals surface area contributed by atoms with E-state index in [1.54, 1.807) is 18.3 Å². The van der Waals surface area contributed by atoms with Crippen molar-refractivity contribution >= 4 is 23.6 Å². The summed E-state index contributed by atoms with van der Waals surface area (Å²) < 4.78 is 1.95. The number of carbonyl (C=O) groups is 2. The zero-order chi connectivity index (χ0) is 22.4. The lowest BCUT2D eigenvalue weighted by Gasteiger charge is -2.14. The molecular formula is C23H20N6O3. The molecular weight excluding hydrogens is 408 g/mol. The van der Waals surface area contributed by atoms with Crippen molar-refractivity contribution in [2.45, 2.75) is 12.8 Å². The van der Waals surface area contributed by atoms with Crippen molar-refractivity contribution in [3.63, 3.8) is 0 Å². The number of rotatable bonds is 1. The van der Waals surface area contributed by atoms with Gasteiger partial charge in [0.2, 0.25) is 5.95 Å². The van der Waals surface area contributed by atoms with E-state index in [0.717, 1.165) is 23.4 Å². The van der Waals surface area contributed by atoms with Gasteiger partial charge >= 0.3 is 6.09 Å². The highest BCUT2D eigenvalue weighted by atomic mass is 16.4. The lowest BCUT2D eigenvalue weighted by molar-refractivity contribution is 0.0945. The van der Waals surface area contributed by atoms with E-state index >= 15 is 0 Å². The second-order valence-electron chi connectivity index (χ2n) is 7.72. The summed E-state index contributed by atoms with van der Waals surface area (Å²) in [6.07, 6.45) is 2.01. The Hall–Kier alpha value is -4.32. The smallest absolute Gasteiger partial charge is 0.411 e. The number of nitrogens with one attached hydrogen (secondary N) is 1. The Bertz CT molecular complexity index is 1350. The molecule has 0 spiro atoms. The van der Waals surface area contributed by atoms with Crippen LogP contribution < -0.4 is 16.0 Å². The molecule has 160 valence electrons. The predicted molar refractivity (Wildman–Crippen MR) is 118 cm³/mol. The summed E-state index contributed by atoms with van der Waals surface area (Å²) in [7, 11) is 1.89. The van der Waals surface area contributed by atoms with Crippen LogP contribution in [-0.4, -0.2) is 44.7 Å². The van der Waals surface area contributed by atoms with Gasteiger partial charge in [-0.2, -0.15) is 0 Å². The molecule has 9 nitrogen and oxygen atoms in total. The molecule has 0 unspecified atom stereocenters. The number of hydrogen-bond donors (Lipinski definition) is 3. The number of nitrogens with two attached hydrogens (primary N) is 1. The first-order valence-corrected chi connectivity index (χ1v) is 10.2. The molecule has 2 amide bonds. The van der Waals surface area contributed by atoms with E-state index in [9.17, 15) is 14.7 Å². The van der Waals surface area contributed by atoms with Crippen LogP contribution in [0.4, 0.5) is 16.4 Å². The third kappa shape index (κ3) is 3.22. The number of benzene rings is 1. The van der Waals surface area contributed by atoms with Crippen LogP contribution in [0.15, 0.2) is 30.5 Å². The number of aromatic nitrogens is 3. The van der Waals surface area contributed by atoms with E-state index < -0.39 is 6.09 Å². The summed E-state index contributed by atoms with van der Waals surface area (Å²) in [6.45, 7) is 1.04. The molecule has 0 radical (unpaired) electrons. The first kappa shape index (κ1) is 19.6. The van der Waals surface area contributed by atoms with Crippen molar-refractivity contribution < 1.29 is 14.7 Å². The Morgan fingerprint density at radius 1 is 1.25 bits per heavy atom. The second kappa shape index (κ2) is 7.42. The van der Waals surface area contributed by atoms with Crippen LogP contribution in [0.25, 0.3) is 11.4 Å². The summed E-state index contributed by atoms with van der Waals surface area (Å²) in [5.41, 5.74) is 11.6. The maximum absolute atomic E-state index is 12.3. The summed E-state index contributed by atoms with van der Waals surface area (Å²) in [5.74, 6) is 6.20. The predicted octanol–water partition coefficient (Wildman–Crippen LogP) is 1.79. The first-order chi connectivity index (χ1) is 15.4. The minimum atomic E-state index is -0.972. The Kier molecular flexibility index (Phi) is 4.56. The summed E-state index contributed by atoms with van der Waals surface area (Å²) in [5, 5.41) is 12.2. The number of fused-ring (bicyclic) bond motifs is 2. The fourth-order valence-electron chi connectivity index (χ4n) is 4.24. The van der Waals surface area contributed by atoms with E-state index in [2.05, 4.69) is 27.1 Å². The van der Waals surface area contributed by atoms with Crippen LogP contribution >= 0.6 is 0 Å². The molecule has 0 atom stereocenters. The lowest BCUT2D eigenvalue weighted by Crippen LogP contribution is -2.31. The standard InChI is InChI=1S/C23H20N6O3/c1-28-17-6-8-25-21(30)16(17)11-19(28)20-15(12-26-22(24)27-20)5-3-13-2-4-14-7-9-29(23(31)32)18(14)10-13/h2,4,10-12H,6-9H2,1H3,(H,25,30)(H,31,32)(H2,24,26,27). The molecule has 2 aromatic heterocycles.